The van der Waals surface area contributed by atoms with Crippen LogP contribution in [-0.2, 0) is 13.2 Å². The van der Waals surface area contributed by atoms with E-state index in [0.29, 0.717) is 6.61 Å². The molecule has 1 aromatic carbocycles. The lowest BCUT2D eigenvalue weighted by atomic mass is 10.2. The van der Waals surface area contributed by atoms with Crippen LogP contribution in [-0.4, -0.2) is 6.54 Å². The van der Waals surface area contributed by atoms with E-state index in [1.165, 1.54) is 15.3 Å². The Morgan fingerprint density at radius 3 is 2.76 bits per heavy atom. The fraction of sp³-hybridized carbons (Fsp3) is 0.375. The molecule has 0 aliphatic rings. The Kier molecular flexibility index (Phi) is 6.74. The summed E-state index contributed by atoms with van der Waals surface area (Å²) in [5, 5.41) is 3.44. The molecule has 0 unspecified atom stereocenters. The monoisotopic (exact) mass is 431 g/mol. The van der Waals surface area contributed by atoms with Crippen LogP contribution in [0.2, 0.25) is 0 Å². The standard InChI is InChI=1S/C16H19Br2NOS/c1-3-6-19-9-14-7-12(11(2)21-14)10-20-16-5-4-13(17)8-15(16)18/h4-5,7-8,19H,3,6,9-10H2,1-2H3. The first-order valence-corrected chi connectivity index (χ1v) is 9.37. The van der Waals surface area contributed by atoms with Crippen molar-refractivity contribution in [2.45, 2.75) is 33.4 Å². The number of ether oxygens (including phenoxy) is 1. The quantitative estimate of drug-likeness (QED) is 0.569. The molecule has 2 nitrogen and oxygen atoms in total. The van der Waals surface area contributed by atoms with Gasteiger partial charge in [-0.1, -0.05) is 22.9 Å². The van der Waals surface area contributed by atoms with Crippen molar-refractivity contribution in [2.75, 3.05) is 6.54 Å². The highest BCUT2D eigenvalue weighted by molar-refractivity contribution is 9.11. The van der Waals surface area contributed by atoms with Gasteiger partial charge in [-0.25, -0.2) is 0 Å². The lowest BCUT2D eigenvalue weighted by molar-refractivity contribution is 0.304. The van der Waals surface area contributed by atoms with Crippen LogP contribution in [0.3, 0.4) is 0 Å². The van der Waals surface area contributed by atoms with Crippen molar-refractivity contribution < 1.29 is 4.74 Å². The van der Waals surface area contributed by atoms with E-state index in [1.54, 1.807) is 0 Å². The SMILES string of the molecule is CCCNCc1cc(COc2ccc(Br)cc2Br)c(C)s1. The molecule has 114 valence electrons. The highest BCUT2D eigenvalue weighted by Crippen LogP contribution is 2.30. The molecule has 1 aromatic heterocycles. The fourth-order valence-corrected chi connectivity index (χ4v) is 4.13. The van der Waals surface area contributed by atoms with Gasteiger partial charge in [0.05, 0.1) is 4.47 Å². The number of rotatable bonds is 7. The Hall–Kier alpha value is -0.360. The van der Waals surface area contributed by atoms with Crippen molar-refractivity contribution >= 4 is 43.2 Å². The number of hydrogen-bond donors (Lipinski definition) is 1. The number of thiophene rings is 1. The summed E-state index contributed by atoms with van der Waals surface area (Å²) < 4.78 is 7.92. The van der Waals surface area contributed by atoms with E-state index in [-0.39, 0.29) is 0 Å². The lowest BCUT2D eigenvalue weighted by Gasteiger charge is -2.08. The first-order valence-electron chi connectivity index (χ1n) is 6.97. The van der Waals surface area contributed by atoms with E-state index in [2.05, 4.69) is 57.1 Å². The second-order valence-electron chi connectivity index (χ2n) is 4.83. The molecule has 0 bridgehead atoms. The first kappa shape index (κ1) is 17.0. The Morgan fingerprint density at radius 2 is 2.05 bits per heavy atom. The second kappa shape index (κ2) is 8.32. The van der Waals surface area contributed by atoms with Crippen molar-refractivity contribution in [3.05, 3.63) is 48.5 Å². The van der Waals surface area contributed by atoms with Crippen LogP contribution in [0.5, 0.6) is 5.75 Å². The van der Waals surface area contributed by atoms with Crippen LogP contribution in [0.4, 0.5) is 0 Å². The van der Waals surface area contributed by atoms with E-state index in [4.69, 9.17) is 4.74 Å². The first-order chi connectivity index (χ1) is 10.1. The minimum Gasteiger partial charge on any atom is -0.488 e. The van der Waals surface area contributed by atoms with Gasteiger partial charge in [-0.05, 0) is 60.1 Å². The second-order valence-corrected chi connectivity index (χ2v) is 7.95. The molecule has 0 radical (unpaired) electrons. The highest BCUT2D eigenvalue weighted by atomic mass is 79.9. The molecule has 21 heavy (non-hydrogen) atoms. The maximum Gasteiger partial charge on any atom is 0.134 e. The topological polar surface area (TPSA) is 21.3 Å². The highest BCUT2D eigenvalue weighted by Gasteiger charge is 2.08. The largest absolute Gasteiger partial charge is 0.488 e. The van der Waals surface area contributed by atoms with E-state index in [1.807, 2.05) is 29.5 Å². The molecule has 0 aliphatic heterocycles. The Balaban J connectivity index is 1.96. The normalized spacial score (nSPS) is 10.9. The average Bonchev–Trinajstić information content (AvgIpc) is 2.79. The van der Waals surface area contributed by atoms with Crippen molar-refractivity contribution in [1.29, 1.82) is 0 Å². The summed E-state index contributed by atoms with van der Waals surface area (Å²) in [6.07, 6.45) is 1.16. The van der Waals surface area contributed by atoms with Gasteiger partial charge in [0.2, 0.25) is 0 Å². The molecular weight excluding hydrogens is 414 g/mol. The Morgan fingerprint density at radius 1 is 1.24 bits per heavy atom. The summed E-state index contributed by atoms with van der Waals surface area (Å²) in [7, 11) is 0. The maximum absolute atomic E-state index is 5.92. The molecule has 0 atom stereocenters. The van der Waals surface area contributed by atoms with Crippen LogP contribution in [0, 0.1) is 6.92 Å². The molecule has 1 heterocycles. The summed E-state index contributed by atoms with van der Waals surface area (Å²) in [5.74, 6) is 0.870. The van der Waals surface area contributed by atoms with Gasteiger partial charge in [0.1, 0.15) is 12.4 Å². The minimum absolute atomic E-state index is 0.607. The lowest BCUT2D eigenvalue weighted by Crippen LogP contribution is -2.12. The fourth-order valence-electron chi connectivity index (χ4n) is 1.95. The Bertz CT molecular complexity index is 598. The summed E-state index contributed by atoms with van der Waals surface area (Å²) in [5.41, 5.74) is 1.27. The van der Waals surface area contributed by atoms with E-state index in [0.717, 1.165) is 34.2 Å². The molecule has 5 heteroatoms. The molecule has 0 spiro atoms. The summed E-state index contributed by atoms with van der Waals surface area (Å²) in [6, 6.07) is 8.20. The van der Waals surface area contributed by atoms with E-state index < -0.39 is 0 Å². The predicted molar refractivity (Wildman–Crippen MR) is 97.2 cm³/mol. The molecule has 1 N–H and O–H groups in total. The number of nitrogens with one attached hydrogen (secondary N) is 1. The van der Waals surface area contributed by atoms with Crippen molar-refractivity contribution in [2.24, 2.45) is 0 Å². The molecule has 0 saturated heterocycles. The van der Waals surface area contributed by atoms with Gasteiger partial charge in [0.15, 0.2) is 0 Å². The third kappa shape index (κ3) is 5.09. The van der Waals surface area contributed by atoms with Crippen LogP contribution < -0.4 is 10.1 Å². The van der Waals surface area contributed by atoms with Crippen LogP contribution in [0.1, 0.15) is 28.7 Å². The van der Waals surface area contributed by atoms with Crippen LogP contribution >= 0.6 is 43.2 Å². The third-order valence-corrected chi connectivity index (χ3v) is 5.28. The van der Waals surface area contributed by atoms with E-state index in [9.17, 15) is 0 Å². The molecule has 2 aromatic rings. The van der Waals surface area contributed by atoms with Gasteiger partial charge >= 0.3 is 0 Å². The summed E-state index contributed by atoms with van der Waals surface area (Å²) in [4.78, 5) is 2.70. The molecule has 0 saturated carbocycles. The van der Waals surface area contributed by atoms with E-state index >= 15 is 0 Å². The molecule has 0 fully saturated rings. The zero-order chi connectivity index (χ0) is 15.2. The molecule has 2 rings (SSSR count). The summed E-state index contributed by atoms with van der Waals surface area (Å²) in [6.45, 7) is 6.96. The van der Waals surface area contributed by atoms with Gasteiger partial charge in [-0.15, -0.1) is 11.3 Å². The Labute approximate surface area is 147 Å². The van der Waals surface area contributed by atoms with Gasteiger partial charge < -0.3 is 10.1 Å². The third-order valence-electron chi connectivity index (χ3n) is 3.07. The van der Waals surface area contributed by atoms with Crippen LogP contribution in [0.15, 0.2) is 33.2 Å². The number of benzene rings is 1. The van der Waals surface area contributed by atoms with Gasteiger partial charge in [0.25, 0.3) is 0 Å². The zero-order valence-corrected chi connectivity index (χ0v) is 16.2. The van der Waals surface area contributed by atoms with Crippen molar-refractivity contribution in [3.8, 4) is 5.75 Å². The average molecular weight is 433 g/mol. The smallest absolute Gasteiger partial charge is 0.134 e. The number of aryl methyl sites for hydroxylation is 1. The zero-order valence-electron chi connectivity index (χ0n) is 12.2. The van der Waals surface area contributed by atoms with Crippen molar-refractivity contribution in [1.82, 2.24) is 5.32 Å². The molecular formula is C16H19Br2NOS. The minimum atomic E-state index is 0.607. The van der Waals surface area contributed by atoms with Crippen molar-refractivity contribution in [3.63, 3.8) is 0 Å². The predicted octanol–water partition coefficient (Wildman–Crippen LogP) is 5.66. The van der Waals surface area contributed by atoms with Crippen LogP contribution in [0.25, 0.3) is 0 Å². The van der Waals surface area contributed by atoms with Gasteiger partial charge in [-0.2, -0.15) is 0 Å². The summed E-state index contributed by atoms with van der Waals surface area (Å²) >= 11 is 8.82. The number of hydrogen-bond acceptors (Lipinski definition) is 3. The molecule has 0 amide bonds. The van der Waals surface area contributed by atoms with Gasteiger partial charge in [0, 0.05) is 26.3 Å². The molecule has 0 aliphatic carbocycles. The van der Waals surface area contributed by atoms with Gasteiger partial charge in [-0.3, -0.25) is 0 Å². The maximum atomic E-state index is 5.92. The number of halogens is 2.